The summed E-state index contributed by atoms with van der Waals surface area (Å²) in [6, 6.07) is 5.90. The first-order valence-corrected chi connectivity index (χ1v) is 6.67. The molecule has 0 aliphatic carbocycles. The van der Waals surface area contributed by atoms with Crippen molar-refractivity contribution >= 4 is 17.8 Å². The summed E-state index contributed by atoms with van der Waals surface area (Å²) < 4.78 is 4.42. The number of ether oxygens (including phenoxy) is 1. The molecule has 1 aliphatic rings. The van der Waals surface area contributed by atoms with Crippen LogP contribution in [0.3, 0.4) is 0 Å². The molecule has 0 amide bonds. The van der Waals surface area contributed by atoms with Crippen molar-refractivity contribution in [2.24, 2.45) is 4.99 Å². The molecule has 0 atom stereocenters. The van der Waals surface area contributed by atoms with Gasteiger partial charge in [-0.1, -0.05) is 12.1 Å². The van der Waals surface area contributed by atoms with E-state index in [9.17, 15) is 9.59 Å². The highest BCUT2D eigenvalue weighted by molar-refractivity contribution is 6.02. The van der Waals surface area contributed by atoms with E-state index in [1.165, 1.54) is 25.1 Å². The number of carbonyl (C=O) groups is 2. The van der Waals surface area contributed by atoms with Gasteiger partial charge in [0.05, 0.1) is 30.6 Å². The Morgan fingerprint density at radius 3 is 2.33 bits per heavy atom. The van der Waals surface area contributed by atoms with Gasteiger partial charge in [0, 0.05) is 13.1 Å². The Morgan fingerprint density at radius 2 is 1.95 bits per heavy atom. The Bertz CT molecular complexity index is 540. The van der Waals surface area contributed by atoms with E-state index in [0.717, 1.165) is 19.6 Å². The molecule has 1 aliphatic heterocycles. The van der Waals surface area contributed by atoms with Gasteiger partial charge >= 0.3 is 11.9 Å². The number of hydrogen-bond acceptors (Lipinski definition) is 5. The first-order valence-electron chi connectivity index (χ1n) is 6.67. The fourth-order valence-electron chi connectivity index (χ4n) is 1.94. The Labute approximate surface area is 124 Å². The predicted octanol–water partition coefficient (Wildman–Crippen LogP) is 1.91. The first-order chi connectivity index (χ1) is 10.0. The van der Waals surface area contributed by atoms with Gasteiger partial charge in [-0.2, -0.15) is 0 Å². The van der Waals surface area contributed by atoms with Crippen LogP contribution in [0.5, 0.6) is 0 Å². The van der Waals surface area contributed by atoms with Crippen molar-refractivity contribution in [2.45, 2.75) is 13.8 Å². The molecule has 114 valence electrons. The molecule has 0 saturated carbocycles. The van der Waals surface area contributed by atoms with Gasteiger partial charge in [-0.25, -0.2) is 9.59 Å². The second-order valence-electron chi connectivity index (χ2n) is 4.35. The Hall–Kier alpha value is -2.37. The van der Waals surface area contributed by atoms with E-state index in [1.807, 2.05) is 0 Å². The molecular weight excluding hydrogens is 272 g/mol. The number of carbonyl (C=O) groups excluding carboxylic acids is 1. The van der Waals surface area contributed by atoms with E-state index >= 15 is 0 Å². The minimum atomic E-state index is -1.14. The lowest BCUT2D eigenvalue weighted by Gasteiger charge is -2.13. The molecule has 0 aromatic heterocycles. The van der Waals surface area contributed by atoms with Crippen LogP contribution in [0.2, 0.25) is 0 Å². The van der Waals surface area contributed by atoms with Crippen LogP contribution in [0.15, 0.2) is 29.3 Å². The number of hydrogen-bond donors (Lipinski definition) is 1. The average molecular weight is 292 g/mol. The number of aromatic carboxylic acids is 1. The zero-order chi connectivity index (χ0) is 15.8. The summed E-state index contributed by atoms with van der Waals surface area (Å²) in [5.74, 6) is -0.577. The predicted molar refractivity (Wildman–Crippen MR) is 80.0 cm³/mol. The number of amidine groups is 1. The van der Waals surface area contributed by atoms with Crippen molar-refractivity contribution in [3.63, 3.8) is 0 Å². The van der Waals surface area contributed by atoms with Crippen LogP contribution in [0.25, 0.3) is 0 Å². The minimum Gasteiger partial charge on any atom is -0.478 e. The first kappa shape index (κ1) is 16.7. The van der Waals surface area contributed by atoms with Gasteiger partial charge in [0.25, 0.3) is 0 Å². The molecule has 1 heterocycles. The van der Waals surface area contributed by atoms with Crippen molar-refractivity contribution < 1.29 is 19.4 Å². The van der Waals surface area contributed by atoms with Crippen LogP contribution in [0.1, 0.15) is 34.6 Å². The van der Waals surface area contributed by atoms with E-state index in [-0.39, 0.29) is 11.1 Å². The lowest BCUT2D eigenvalue weighted by atomic mass is 10.1. The molecule has 0 spiro atoms. The second kappa shape index (κ2) is 8.04. The second-order valence-corrected chi connectivity index (χ2v) is 4.35. The number of aliphatic imine (C=N–C) groups is 1. The van der Waals surface area contributed by atoms with Gasteiger partial charge < -0.3 is 14.7 Å². The molecule has 1 aromatic rings. The van der Waals surface area contributed by atoms with Crippen LogP contribution in [-0.2, 0) is 4.74 Å². The maximum Gasteiger partial charge on any atom is 0.338 e. The number of carboxylic acid groups (broad SMARTS) is 1. The van der Waals surface area contributed by atoms with Gasteiger partial charge in [-0.3, -0.25) is 4.99 Å². The molecule has 6 nitrogen and oxygen atoms in total. The minimum absolute atomic E-state index is 0.0469. The average Bonchev–Trinajstić information content (AvgIpc) is 2.92. The topological polar surface area (TPSA) is 79.2 Å². The molecule has 2 rings (SSSR count). The molecule has 1 N–H and O–H groups in total. The van der Waals surface area contributed by atoms with Crippen molar-refractivity contribution in [3.8, 4) is 0 Å². The standard InChI is InChI=1S/C9H8O4.C6H12N2/c1-13-9(12)7-5-3-2-4-6(7)8(10)11;1-3-8-5-4-7-6(8)2/h2-5H,1H3,(H,10,11);3-5H2,1-2H3. The number of esters is 1. The summed E-state index contributed by atoms with van der Waals surface area (Å²) in [6.07, 6.45) is 0. The zero-order valence-electron chi connectivity index (χ0n) is 12.5. The van der Waals surface area contributed by atoms with E-state index in [4.69, 9.17) is 5.11 Å². The van der Waals surface area contributed by atoms with Crippen LogP contribution in [0.4, 0.5) is 0 Å². The van der Waals surface area contributed by atoms with Crippen molar-refractivity contribution in [1.82, 2.24) is 4.90 Å². The molecule has 1 aromatic carbocycles. The van der Waals surface area contributed by atoms with Gasteiger partial charge in [-0.15, -0.1) is 0 Å². The number of carboxylic acids is 1. The van der Waals surface area contributed by atoms with Crippen molar-refractivity contribution in [3.05, 3.63) is 35.4 Å². The number of rotatable bonds is 3. The molecule has 0 unspecified atom stereocenters. The lowest BCUT2D eigenvalue weighted by Crippen LogP contribution is -2.24. The summed E-state index contributed by atoms with van der Waals surface area (Å²) in [6.45, 7) is 7.46. The third-order valence-electron chi connectivity index (χ3n) is 3.11. The SMILES string of the molecule is CCN1CCN=C1C.COC(=O)c1ccccc1C(=O)O. The fraction of sp³-hybridized carbons (Fsp3) is 0.400. The van der Waals surface area contributed by atoms with Gasteiger partial charge in [-0.05, 0) is 26.0 Å². The highest BCUT2D eigenvalue weighted by Crippen LogP contribution is 2.09. The Balaban J connectivity index is 0.000000235. The smallest absolute Gasteiger partial charge is 0.338 e. The van der Waals surface area contributed by atoms with E-state index in [1.54, 1.807) is 12.1 Å². The van der Waals surface area contributed by atoms with Crippen molar-refractivity contribution in [1.29, 1.82) is 0 Å². The Morgan fingerprint density at radius 1 is 1.33 bits per heavy atom. The molecular formula is C15H20N2O4. The lowest BCUT2D eigenvalue weighted by molar-refractivity contribution is 0.0582. The van der Waals surface area contributed by atoms with E-state index in [2.05, 4.69) is 28.5 Å². The Kier molecular flexibility index (Phi) is 6.39. The molecule has 0 bridgehead atoms. The maximum absolute atomic E-state index is 11.1. The summed E-state index contributed by atoms with van der Waals surface area (Å²) in [4.78, 5) is 28.2. The quantitative estimate of drug-likeness (QED) is 0.861. The van der Waals surface area contributed by atoms with Gasteiger partial charge in [0.1, 0.15) is 0 Å². The largest absolute Gasteiger partial charge is 0.478 e. The van der Waals surface area contributed by atoms with E-state index < -0.39 is 11.9 Å². The highest BCUT2D eigenvalue weighted by atomic mass is 16.5. The summed E-state index contributed by atoms with van der Waals surface area (Å²) in [5.41, 5.74) is 0.0202. The third-order valence-corrected chi connectivity index (χ3v) is 3.11. The molecule has 0 saturated heterocycles. The summed E-state index contributed by atoms with van der Waals surface area (Å²) in [7, 11) is 1.21. The van der Waals surface area contributed by atoms with Crippen LogP contribution < -0.4 is 0 Å². The van der Waals surface area contributed by atoms with Crippen molar-refractivity contribution in [2.75, 3.05) is 26.7 Å². The summed E-state index contributed by atoms with van der Waals surface area (Å²) >= 11 is 0. The van der Waals surface area contributed by atoms with Crippen LogP contribution in [-0.4, -0.2) is 54.5 Å². The number of benzene rings is 1. The highest BCUT2D eigenvalue weighted by Gasteiger charge is 2.15. The molecule has 0 fully saturated rings. The maximum atomic E-state index is 11.1. The number of nitrogens with zero attached hydrogens (tertiary/aromatic N) is 2. The monoisotopic (exact) mass is 292 g/mol. The third kappa shape index (κ3) is 4.59. The molecule has 21 heavy (non-hydrogen) atoms. The van der Waals surface area contributed by atoms with Gasteiger partial charge in [0.15, 0.2) is 0 Å². The molecule has 0 radical (unpaired) electrons. The van der Waals surface area contributed by atoms with Crippen LogP contribution >= 0.6 is 0 Å². The normalized spacial score (nSPS) is 13.1. The number of methoxy groups -OCH3 is 1. The molecule has 6 heteroatoms. The number of likely N-dealkylation sites (N-methyl/N-ethyl adjacent to an activating group) is 1. The van der Waals surface area contributed by atoms with Crippen LogP contribution in [0, 0.1) is 0 Å². The van der Waals surface area contributed by atoms with E-state index in [0.29, 0.717) is 0 Å². The zero-order valence-corrected chi connectivity index (χ0v) is 12.5. The van der Waals surface area contributed by atoms with Gasteiger partial charge in [0.2, 0.25) is 0 Å². The fourth-order valence-corrected chi connectivity index (χ4v) is 1.94. The summed E-state index contributed by atoms with van der Waals surface area (Å²) in [5, 5.41) is 8.70.